The molecule has 1 amide bonds. The predicted molar refractivity (Wildman–Crippen MR) is 72.7 cm³/mol. The van der Waals surface area contributed by atoms with Crippen LogP contribution in [0.15, 0.2) is 6.20 Å². The highest BCUT2D eigenvalue weighted by Crippen LogP contribution is 2.08. The molecule has 1 fully saturated rings. The van der Waals surface area contributed by atoms with E-state index in [0.29, 0.717) is 12.3 Å². The summed E-state index contributed by atoms with van der Waals surface area (Å²) < 4.78 is 7.31. The van der Waals surface area contributed by atoms with Gasteiger partial charge in [0.2, 0.25) is 0 Å². The van der Waals surface area contributed by atoms with E-state index in [4.69, 9.17) is 4.74 Å². The van der Waals surface area contributed by atoms with Crippen molar-refractivity contribution in [2.24, 2.45) is 0 Å². The Labute approximate surface area is 118 Å². The molecule has 2 N–H and O–H groups in total. The minimum absolute atomic E-state index is 0. The molecule has 1 aromatic heterocycles. The number of rotatable bonds is 2. The van der Waals surface area contributed by atoms with E-state index in [0.717, 1.165) is 44.9 Å². The van der Waals surface area contributed by atoms with Gasteiger partial charge in [-0.15, -0.1) is 12.4 Å². The van der Waals surface area contributed by atoms with E-state index in [-0.39, 0.29) is 24.4 Å². The maximum atomic E-state index is 12.0. The molecule has 0 saturated carbocycles. The van der Waals surface area contributed by atoms with E-state index >= 15 is 0 Å². The topological polar surface area (TPSA) is 68.2 Å². The standard InChI is InChI=1S/C12H18N4O2.ClH/c17-12(14-9-2-6-18-8-9)10-7-16-5-4-13-3-1-11(16)15-10;/h7,9,13H,1-6,8H2,(H,14,17);1H. The highest BCUT2D eigenvalue weighted by atomic mass is 35.5. The van der Waals surface area contributed by atoms with E-state index in [2.05, 4.69) is 20.2 Å². The van der Waals surface area contributed by atoms with Crippen LogP contribution >= 0.6 is 12.4 Å². The van der Waals surface area contributed by atoms with Crippen LogP contribution in [-0.2, 0) is 17.7 Å². The first-order valence-corrected chi connectivity index (χ1v) is 6.48. The zero-order valence-electron chi connectivity index (χ0n) is 10.7. The Bertz CT molecular complexity index is 419. The van der Waals surface area contributed by atoms with Crippen molar-refractivity contribution in [2.45, 2.75) is 25.4 Å². The summed E-state index contributed by atoms with van der Waals surface area (Å²) in [6.45, 7) is 4.08. The van der Waals surface area contributed by atoms with E-state index in [9.17, 15) is 4.79 Å². The third kappa shape index (κ3) is 3.26. The monoisotopic (exact) mass is 286 g/mol. The summed E-state index contributed by atoms with van der Waals surface area (Å²) in [4.78, 5) is 16.5. The highest BCUT2D eigenvalue weighted by molar-refractivity contribution is 5.92. The molecule has 0 aromatic carbocycles. The maximum Gasteiger partial charge on any atom is 0.271 e. The first-order chi connectivity index (χ1) is 8.83. The second-order valence-corrected chi connectivity index (χ2v) is 4.77. The van der Waals surface area contributed by atoms with Crippen LogP contribution in [0.1, 0.15) is 22.7 Å². The minimum atomic E-state index is -0.0842. The van der Waals surface area contributed by atoms with Gasteiger partial charge >= 0.3 is 0 Å². The number of fused-ring (bicyclic) bond motifs is 1. The lowest BCUT2D eigenvalue weighted by molar-refractivity contribution is 0.0925. The van der Waals surface area contributed by atoms with Crippen LogP contribution in [0.4, 0.5) is 0 Å². The fourth-order valence-corrected chi connectivity index (χ4v) is 2.39. The Balaban J connectivity index is 0.00000133. The SMILES string of the molecule is Cl.O=C(NC1CCOC1)c1cn2c(n1)CCNCC2. The Hall–Kier alpha value is -1.11. The highest BCUT2D eigenvalue weighted by Gasteiger charge is 2.21. The summed E-state index contributed by atoms with van der Waals surface area (Å²) in [5, 5.41) is 6.27. The van der Waals surface area contributed by atoms with Crippen molar-refractivity contribution >= 4 is 18.3 Å². The molecule has 1 saturated heterocycles. The fourth-order valence-electron chi connectivity index (χ4n) is 2.39. The van der Waals surface area contributed by atoms with Gasteiger partial charge in [0.1, 0.15) is 11.5 Å². The van der Waals surface area contributed by atoms with Crippen molar-refractivity contribution in [3.63, 3.8) is 0 Å². The normalized spacial score (nSPS) is 22.2. The van der Waals surface area contributed by atoms with Crippen molar-refractivity contribution in [1.82, 2.24) is 20.2 Å². The number of nitrogens with zero attached hydrogens (tertiary/aromatic N) is 2. The number of amides is 1. The lowest BCUT2D eigenvalue weighted by Gasteiger charge is -2.08. The average Bonchev–Trinajstić information content (AvgIpc) is 2.95. The number of halogens is 1. The largest absolute Gasteiger partial charge is 0.379 e. The number of nitrogens with one attached hydrogen (secondary N) is 2. The van der Waals surface area contributed by atoms with Crippen molar-refractivity contribution < 1.29 is 9.53 Å². The molecule has 7 heteroatoms. The average molecular weight is 287 g/mol. The molecule has 106 valence electrons. The summed E-state index contributed by atoms with van der Waals surface area (Å²) in [5.41, 5.74) is 0.527. The van der Waals surface area contributed by atoms with E-state index in [1.807, 2.05) is 6.20 Å². The van der Waals surface area contributed by atoms with Gasteiger partial charge in [-0.25, -0.2) is 4.98 Å². The van der Waals surface area contributed by atoms with Gasteiger partial charge < -0.3 is 19.9 Å². The third-order valence-electron chi connectivity index (χ3n) is 3.41. The molecule has 1 unspecified atom stereocenters. The second-order valence-electron chi connectivity index (χ2n) is 4.77. The van der Waals surface area contributed by atoms with Crippen LogP contribution in [-0.4, -0.2) is 47.8 Å². The van der Waals surface area contributed by atoms with Crippen LogP contribution in [0.25, 0.3) is 0 Å². The van der Waals surface area contributed by atoms with Gasteiger partial charge in [-0.05, 0) is 6.42 Å². The molecule has 3 rings (SSSR count). The molecule has 19 heavy (non-hydrogen) atoms. The van der Waals surface area contributed by atoms with Gasteiger partial charge in [-0.1, -0.05) is 0 Å². The van der Waals surface area contributed by atoms with E-state index < -0.39 is 0 Å². The molecule has 3 heterocycles. The third-order valence-corrected chi connectivity index (χ3v) is 3.41. The first-order valence-electron chi connectivity index (χ1n) is 6.48. The number of hydrogen-bond donors (Lipinski definition) is 2. The number of hydrogen-bond acceptors (Lipinski definition) is 4. The summed E-state index contributed by atoms with van der Waals surface area (Å²) in [5.74, 6) is 0.909. The molecule has 1 atom stereocenters. The second kappa shape index (κ2) is 6.36. The van der Waals surface area contributed by atoms with Gasteiger partial charge in [0.25, 0.3) is 5.91 Å². The summed E-state index contributed by atoms with van der Waals surface area (Å²) in [6.07, 6.45) is 3.62. The number of carbonyl (C=O) groups is 1. The Kier molecular flexibility index (Phi) is 4.79. The number of carbonyl (C=O) groups excluding carboxylic acids is 1. The van der Waals surface area contributed by atoms with Crippen molar-refractivity contribution in [3.05, 3.63) is 17.7 Å². The van der Waals surface area contributed by atoms with Crippen LogP contribution in [0.5, 0.6) is 0 Å². The first kappa shape index (κ1) is 14.3. The molecule has 2 aliphatic heterocycles. The van der Waals surface area contributed by atoms with Crippen LogP contribution in [0.3, 0.4) is 0 Å². The van der Waals surface area contributed by atoms with Crippen LogP contribution in [0, 0.1) is 0 Å². The predicted octanol–water partition coefficient (Wildman–Crippen LogP) is -0.0307. The van der Waals surface area contributed by atoms with Crippen molar-refractivity contribution in [3.8, 4) is 0 Å². The molecule has 0 spiro atoms. The van der Waals surface area contributed by atoms with Crippen molar-refractivity contribution in [2.75, 3.05) is 26.3 Å². The van der Waals surface area contributed by atoms with Gasteiger partial charge in [0.15, 0.2) is 0 Å². The Morgan fingerprint density at radius 1 is 1.53 bits per heavy atom. The van der Waals surface area contributed by atoms with Crippen molar-refractivity contribution in [1.29, 1.82) is 0 Å². The van der Waals surface area contributed by atoms with Gasteiger partial charge in [0.05, 0.1) is 12.6 Å². The zero-order chi connectivity index (χ0) is 12.4. The van der Waals surface area contributed by atoms with Crippen LogP contribution in [0.2, 0.25) is 0 Å². The molecule has 6 nitrogen and oxygen atoms in total. The van der Waals surface area contributed by atoms with Gasteiger partial charge in [0, 0.05) is 38.9 Å². The molecular formula is C12H19ClN4O2. The number of ether oxygens (including phenoxy) is 1. The molecule has 2 aliphatic rings. The lowest BCUT2D eigenvalue weighted by atomic mass is 10.2. The molecule has 0 bridgehead atoms. The lowest BCUT2D eigenvalue weighted by Crippen LogP contribution is -2.35. The summed E-state index contributed by atoms with van der Waals surface area (Å²) >= 11 is 0. The molecule has 0 radical (unpaired) electrons. The minimum Gasteiger partial charge on any atom is -0.379 e. The van der Waals surface area contributed by atoms with Gasteiger partial charge in [-0.2, -0.15) is 0 Å². The molecule has 0 aliphatic carbocycles. The number of aromatic nitrogens is 2. The molecular weight excluding hydrogens is 268 g/mol. The summed E-state index contributed by atoms with van der Waals surface area (Å²) in [6, 6.07) is 0.140. The maximum absolute atomic E-state index is 12.0. The zero-order valence-corrected chi connectivity index (χ0v) is 11.5. The Morgan fingerprint density at radius 3 is 3.21 bits per heavy atom. The van der Waals surface area contributed by atoms with Gasteiger partial charge in [-0.3, -0.25) is 4.79 Å². The fraction of sp³-hybridized carbons (Fsp3) is 0.667. The van der Waals surface area contributed by atoms with Crippen LogP contribution < -0.4 is 10.6 Å². The van der Waals surface area contributed by atoms with E-state index in [1.165, 1.54) is 0 Å². The Morgan fingerprint density at radius 2 is 2.42 bits per heavy atom. The quantitative estimate of drug-likeness (QED) is 0.801. The smallest absolute Gasteiger partial charge is 0.271 e. The summed E-state index contributed by atoms with van der Waals surface area (Å²) in [7, 11) is 0. The van der Waals surface area contributed by atoms with E-state index in [1.54, 1.807) is 0 Å². The number of imidazole rings is 1. The molecule has 1 aromatic rings.